The zero-order valence-corrected chi connectivity index (χ0v) is 23.1. The number of unbranched alkanes of at least 4 members (excludes halogenated alkanes) is 14. The van der Waals surface area contributed by atoms with Crippen molar-refractivity contribution in [1.82, 2.24) is 11.1 Å². The summed E-state index contributed by atoms with van der Waals surface area (Å²) in [5.74, 6) is -0.653. The highest BCUT2D eigenvalue weighted by molar-refractivity contribution is 14.0. The summed E-state index contributed by atoms with van der Waals surface area (Å²) >= 11 is 0. The van der Waals surface area contributed by atoms with Gasteiger partial charge in [-0.05, 0) is 6.42 Å². The standard InChI is InChI=1S/C18H36O2.C6H15NO3.HI.H3N/c1-2-3-4-5-6-7-8-9-10-11-12-13-14-15-16-17-18(19)20;8-4-1-7(2-5-9)3-6-10;;/h2-17H2,1H3,(H,19,20);8-10H,1-6H2;1H;1H3. The quantitative estimate of drug-likeness (QED) is 0.0860. The van der Waals surface area contributed by atoms with Crippen LogP contribution < -0.4 is 6.15 Å². The Kier molecular flexibility index (Phi) is 43.6. The third-order valence-electron chi connectivity index (χ3n) is 5.24. The number of rotatable bonds is 22. The Labute approximate surface area is 215 Å². The predicted octanol–water partition coefficient (Wildman–Crippen LogP) is 5.38. The van der Waals surface area contributed by atoms with Crippen LogP contribution >= 0.6 is 24.0 Å². The van der Waals surface area contributed by atoms with Gasteiger partial charge in [0.1, 0.15) is 0 Å². The van der Waals surface area contributed by atoms with Crippen LogP contribution in [0.1, 0.15) is 110 Å². The Morgan fingerprint density at radius 3 is 1.12 bits per heavy atom. The van der Waals surface area contributed by atoms with Crippen molar-refractivity contribution in [3.05, 3.63) is 0 Å². The number of carboxylic acids is 1. The molecular formula is C24H55IN2O5. The molecular weight excluding hydrogens is 523 g/mol. The first-order valence-corrected chi connectivity index (χ1v) is 12.4. The maximum absolute atomic E-state index is 10.3. The van der Waals surface area contributed by atoms with E-state index in [4.69, 9.17) is 20.4 Å². The van der Waals surface area contributed by atoms with E-state index in [9.17, 15) is 4.79 Å². The maximum atomic E-state index is 10.3. The molecule has 7 N–H and O–H groups in total. The van der Waals surface area contributed by atoms with Crippen molar-refractivity contribution in [3.63, 3.8) is 0 Å². The fraction of sp³-hybridized carbons (Fsp3) is 0.958. The molecule has 0 aliphatic carbocycles. The van der Waals surface area contributed by atoms with Gasteiger partial charge < -0.3 is 26.6 Å². The fourth-order valence-electron chi connectivity index (χ4n) is 3.41. The van der Waals surface area contributed by atoms with E-state index in [1.54, 1.807) is 4.90 Å². The molecule has 0 amide bonds. The van der Waals surface area contributed by atoms with Gasteiger partial charge >= 0.3 is 5.97 Å². The third-order valence-corrected chi connectivity index (χ3v) is 5.24. The molecule has 0 radical (unpaired) electrons. The van der Waals surface area contributed by atoms with Gasteiger partial charge in [-0.1, -0.05) is 96.8 Å². The molecule has 32 heavy (non-hydrogen) atoms. The van der Waals surface area contributed by atoms with Gasteiger partial charge in [-0.15, -0.1) is 24.0 Å². The summed E-state index contributed by atoms with van der Waals surface area (Å²) in [7, 11) is 0. The van der Waals surface area contributed by atoms with Gasteiger partial charge in [-0.2, -0.15) is 0 Å². The van der Waals surface area contributed by atoms with E-state index in [0.29, 0.717) is 26.1 Å². The van der Waals surface area contributed by atoms with Crippen LogP contribution in [0.25, 0.3) is 0 Å². The van der Waals surface area contributed by atoms with Crippen LogP contribution in [0.15, 0.2) is 0 Å². The van der Waals surface area contributed by atoms with Gasteiger partial charge in [0, 0.05) is 26.1 Å². The minimum Gasteiger partial charge on any atom is -0.481 e. The molecule has 0 fully saturated rings. The van der Waals surface area contributed by atoms with E-state index >= 15 is 0 Å². The minimum absolute atomic E-state index is 0. The molecule has 0 aliphatic heterocycles. The average Bonchev–Trinajstić information content (AvgIpc) is 2.72. The summed E-state index contributed by atoms with van der Waals surface area (Å²) in [5, 5.41) is 34.0. The number of aliphatic hydroxyl groups excluding tert-OH is 3. The lowest BCUT2D eigenvalue weighted by molar-refractivity contribution is -0.137. The van der Waals surface area contributed by atoms with Crippen molar-refractivity contribution in [2.75, 3.05) is 39.5 Å². The second-order valence-corrected chi connectivity index (χ2v) is 8.11. The molecule has 0 saturated carbocycles. The zero-order chi connectivity index (χ0) is 22.7. The van der Waals surface area contributed by atoms with Crippen molar-refractivity contribution >= 4 is 29.9 Å². The molecule has 0 spiro atoms. The van der Waals surface area contributed by atoms with Crippen molar-refractivity contribution < 1.29 is 25.2 Å². The number of carboxylic acid groups (broad SMARTS) is 1. The second kappa shape index (κ2) is 35.6. The third kappa shape index (κ3) is 37.3. The molecule has 0 bridgehead atoms. The number of carbonyl (C=O) groups is 1. The molecule has 0 aromatic rings. The number of halogens is 1. The van der Waals surface area contributed by atoms with Crippen molar-refractivity contribution in [3.8, 4) is 0 Å². The van der Waals surface area contributed by atoms with E-state index in [0.717, 1.165) is 12.8 Å². The Bertz CT molecular complexity index is 325. The van der Waals surface area contributed by atoms with Gasteiger partial charge in [-0.25, -0.2) is 0 Å². The van der Waals surface area contributed by atoms with Gasteiger partial charge in [0.05, 0.1) is 19.8 Å². The fourth-order valence-corrected chi connectivity index (χ4v) is 3.41. The van der Waals surface area contributed by atoms with Gasteiger partial charge in [0.15, 0.2) is 0 Å². The number of aliphatic carboxylic acids is 1. The summed E-state index contributed by atoms with van der Waals surface area (Å²) < 4.78 is 0. The highest BCUT2D eigenvalue weighted by atomic mass is 127. The van der Waals surface area contributed by atoms with E-state index in [1.165, 1.54) is 83.5 Å². The molecule has 0 aromatic heterocycles. The SMILES string of the molecule is CCCCCCCCCCCCCCCCCC(=O)O.I.N.OCCN(CCO)CCO. The van der Waals surface area contributed by atoms with Gasteiger partial charge in [-0.3, -0.25) is 9.69 Å². The average molecular weight is 579 g/mol. The molecule has 0 aromatic carbocycles. The molecule has 0 rings (SSSR count). The van der Waals surface area contributed by atoms with Crippen LogP contribution in [0.4, 0.5) is 0 Å². The number of aliphatic hydroxyl groups is 3. The Balaban J connectivity index is -0.000000279. The van der Waals surface area contributed by atoms with Crippen LogP contribution in [0.3, 0.4) is 0 Å². The Hall–Kier alpha value is -0.0000000000000000694. The molecule has 0 heterocycles. The monoisotopic (exact) mass is 578 g/mol. The van der Waals surface area contributed by atoms with Crippen LogP contribution in [-0.4, -0.2) is 70.8 Å². The van der Waals surface area contributed by atoms with Gasteiger partial charge in [0.25, 0.3) is 0 Å². The highest BCUT2D eigenvalue weighted by Crippen LogP contribution is 2.13. The minimum atomic E-state index is -0.653. The lowest BCUT2D eigenvalue weighted by Gasteiger charge is -2.17. The Morgan fingerprint density at radius 1 is 0.594 bits per heavy atom. The van der Waals surface area contributed by atoms with E-state index in [2.05, 4.69) is 6.92 Å². The first-order chi connectivity index (χ1) is 14.6. The topological polar surface area (TPSA) is 136 Å². The molecule has 7 nitrogen and oxygen atoms in total. The predicted molar refractivity (Wildman–Crippen MR) is 145 cm³/mol. The van der Waals surface area contributed by atoms with Crippen LogP contribution in [0.5, 0.6) is 0 Å². The first-order valence-electron chi connectivity index (χ1n) is 12.4. The molecule has 0 saturated heterocycles. The summed E-state index contributed by atoms with van der Waals surface area (Å²) in [4.78, 5) is 12.1. The molecule has 0 unspecified atom stereocenters. The molecule has 0 aliphatic rings. The first kappa shape index (κ1) is 39.2. The van der Waals surface area contributed by atoms with Crippen LogP contribution in [-0.2, 0) is 4.79 Å². The maximum Gasteiger partial charge on any atom is 0.303 e. The zero-order valence-electron chi connectivity index (χ0n) is 20.8. The van der Waals surface area contributed by atoms with E-state index in [1.807, 2.05) is 0 Å². The summed E-state index contributed by atoms with van der Waals surface area (Å²) in [5.41, 5.74) is 0. The molecule has 8 heteroatoms. The second-order valence-electron chi connectivity index (χ2n) is 8.11. The number of nitrogens with zero attached hydrogens (tertiary/aromatic N) is 1. The normalized spacial score (nSPS) is 10.2. The largest absolute Gasteiger partial charge is 0.481 e. The summed E-state index contributed by atoms with van der Waals surface area (Å²) in [6.45, 7) is 4.02. The van der Waals surface area contributed by atoms with Crippen molar-refractivity contribution in [1.29, 1.82) is 0 Å². The lowest BCUT2D eigenvalue weighted by Crippen LogP contribution is -2.32. The van der Waals surface area contributed by atoms with Crippen LogP contribution in [0.2, 0.25) is 0 Å². The Morgan fingerprint density at radius 2 is 0.875 bits per heavy atom. The molecule has 0 atom stereocenters. The number of hydrogen-bond donors (Lipinski definition) is 5. The van der Waals surface area contributed by atoms with Crippen molar-refractivity contribution in [2.45, 2.75) is 110 Å². The highest BCUT2D eigenvalue weighted by Gasteiger charge is 2.00. The number of hydrogen-bond acceptors (Lipinski definition) is 6. The summed E-state index contributed by atoms with van der Waals surface area (Å²) in [6.07, 6.45) is 20.2. The smallest absolute Gasteiger partial charge is 0.303 e. The van der Waals surface area contributed by atoms with E-state index < -0.39 is 5.97 Å². The summed E-state index contributed by atoms with van der Waals surface area (Å²) in [6, 6.07) is 0. The molecule has 198 valence electrons. The van der Waals surface area contributed by atoms with Gasteiger partial charge in [0.2, 0.25) is 0 Å². The van der Waals surface area contributed by atoms with Crippen LogP contribution in [0, 0.1) is 0 Å². The van der Waals surface area contributed by atoms with E-state index in [-0.39, 0.29) is 49.9 Å². The lowest BCUT2D eigenvalue weighted by atomic mass is 10.0. The van der Waals surface area contributed by atoms with Crippen molar-refractivity contribution in [2.24, 2.45) is 0 Å².